The minimum atomic E-state index is -0.631. The number of rotatable bonds is 7. The fraction of sp³-hybridized carbons (Fsp3) is 0.138. The van der Waals surface area contributed by atoms with Gasteiger partial charge in [-0.2, -0.15) is 0 Å². The maximum atomic E-state index is 12.6. The van der Waals surface area contributed by atoms with Crippen LogP contribution in [0.3, 0.4) is 0 Å². The van der Waals surface area contributed by atoms with Crippen LogP contribution in [0.2, 0.25) is 0 Å². The molecule has 1 N–H and O–H groups in total. The van der Waals surface area contributed by atoms with Crippen molar-refractivity contribution in [2.45, 2.75) is 6.42 Å². The van der Waals surface area contributed by atoms with Gasteiger partial charge in [-0.05, 0) is 47.9 Å². The molecule has 2 amide bonds. The number of amides is 2. The van der Waals surface area contributed by atoms with Crippen LogP contribution >= 0.6 is 0 Å². The van der Waals surface area contributed by atoms with Gasteiger partial charge < -0.3 is 19.7 Å². The molecular weight excluding hydrogens is 456 g/mol. The van der Waals surface area contributed by atoms with E-state index in [0.29, 0.717) is 17.1 Å². The molecule has 0 unspecified atom stereocenters. The predicted octanol–water partition coefficient (Wildman–Crippen LogP) is 5.17. The molecule has 7 nitrogen and oxygen atoms in total. The van der Waals surface area contributed by atoms with Crippen LogP contribution in [0, 0.1) is 5.92 Å². The third-order valence-corrected chi connectivity index (χ3v) is 5.99. The van der Waals surface area contributed by atoms with Crippen molar-refractivity contribution in [3.8, 4) is 11.5 Å². The van der Waals surface area contributed by atoms with Crippen LogP contribution in [0.15, 0.2) is 97.1 Å². The second kappa shape index (κ2) is 10.3. The first-order chi connectivity index (χ1) is 17.6. The monoisotopic (exact) mass is 480 g/mol. The van der Waals surface area contributed by atoms with Gasteiger partial charge >= 0.3 is 5.97 Å². The first-order valence-electron chi connectivity index (χ1n) is 11.6. The SMILES string of the molecule is O=C(COC(=O)[C@H]1CC(=O)N(c2ccc(Oc3cccc4ccccc34)cc2)C1)Nc1ccccc1. The summed E-state index contributed by atoms with van der Waals surface area (Å²) in [5.74, 6) is -0.413. The lowest BCUT2D eigenvalue weighted by molar-refractivity contribution is -0.151. The van der Waals surface area contributed by atoms with E-state index in [1.165, 1.54) is 0 Å². The second-order valence-electron chi connectivity index (χ2n) is 8.50. The van der Waals surface area contributed by atoms with Crippen LogP contribution in [0.4, 0.5) is 11.4 Å². The Kier molecular flexibility index (Phi) is 6.62. The maximum Gasteiger partial charge on any atom is 0.311 e. The minimum absolute atomic E-state index is 0.0351. The molecule has 1 aliphatic rings. The highest BCUT2D eigenvalue weighted by atomic mass is 16.5. The van der Waals surface area contributed by atoms with Crippen molar-refractivity contribution in [2.75, 3.05) is 23.4 Å². The van der Waals surface area contributed by atoms with Crippen LogP contribution in [-0.2, 0) is 19.1 Å². The van der Waals surface area contributed by atoms with E-state index in [-0.39, 0.29) is 18.9 Å². The number of carbonyl (C=O) groups is 3. The number of hydrogen-bond acceptors (Lipinski definition) is 5. The van der Waals surface area contributed by atoms with Crippen molar-refractivity contribution in [3.05, 3.63) is 97.1 Å². The fourth-order valence-electron chi connectivity index (χ4n) is 4.19. The first kappa shape index (κ1) is 23.1. The van der Waals surface area contributed by atoms with Gasteiger partial charge in [0.1, 0.15) is 11.5 Å². The molecule has 0 bridgehead atoms. The number of ether oxygens (including phenoxy) is 2. The fourth-order valence-corrected chi connectivity index (χ4v) is 4.19. The summed E-state index contributed by atoms with van der Waals surface area (Å²) < 4.78 is 11.2. The Balaban J connectivity index is 1.17. The Labute approximate surface area is 208 Å². The molecule has 0 radical (unpaired) electrons. The van der Waals surface area contributed by atoms with E-state index in [9.17, 15) is 14.4 Å². The summed E-state index contributed by atoms with van der Waals surface area (Å²) in [6.45, 7) is -0.208. The van der Waals surface area contributed by atoms with Gasteiger partial charge in [0.2, 0.25) is 5.91 Å². The quantitative estimate of drug-likeness (QED) is 0.369. The van der Waals surface area contributed by atoms with Gasteiger partial charge in [-0.25, -0.2) is 0 Å². The van der Waals surface area contributed by atoms with E-state index >= 15 is 0 Å². The number of nitrogens with zero attached hydrogens (tertiary/aromatic N) is 1. The molecular formula is C29H24N2O5. The van der Waals surface area contributed by atoms with Crippen LogP contribution in [0.25, 0.3) is 10.8 Å². The highest BCUT2D eigenvalue weighted by molar-refractivity contribution is 6.00. The predicted molar refractivity (Wildman–Crippen MR) is 137 cm³/mol. The second-order valence-corrected chi connectivity index (χ2v) is 8.50. The molecule has 0 aromatic heterocycles. The van der Waals surface area contributed by atoms with Crippen LogP contribution in [-0.4, -0.2) is 30.9 Å². The summed E-state index contributed by atoms with van der Waals surface area (Å²) in [6.07, 6.45) is 0.0351. The number of esters is 1. The minimum Gasteiger partial charge on any atom is -0.457 e. The molecule has 4 aromatic carbocycles. The molecule has 1 saturated heterocycles. The highest BCUT2D eigenvalue weighted by Gasteiger charge is 2.36. The molecule has 4 aromatic rings. The molecule has 1 aliphatic heterocycles. The average molecular weight is 481 g/mol. The van der Waals surface area contributed by atoms with Gasteiger partial charge in [-0.1, -0.05) is 54.6 Å². The van der Waals surface area contributed by atoms with Gasteiger partial charge in [0, 0.05) is 29.7 Å². The summed E-state index contributed by atoms with van der Waals surface area (Å²) in [7, 11) is 0. The van der Waals surface area contributed by atoms with Crippen molar-refractivity contribution in [1.29, 1.82) is 0 Å². The van der Waals surface area contributed by atoms with Crippen molar-refractivity contribution < 1.29 is 23.9 Å². The summed E-state index contributed by atoms with van der Waals surface area (Å²) in [6, 6.07) is 30.0. The Morgan fingerprint density at radius 1 is 0.861 bits per heavy atom. The lowest BCUT2D eigenvalue weighted by atomic mass is 10.1. The van der Waals surface area contributed by atoms with Crippen molar-refractivity contribution in [1.82, 2.24) is 0 Å². The number of para-hydroxylation sites is 1. The van der Waals surface area contributed by atoms with E-state index in [1.807, 2.05) is 48.5 Å². The Bertz CT molecular complexity index is 1400. The number of benzene rings is 4. The lowest BCUT2D eigenvalue weighted by Gasteiger charge is -2.17. The van der Waals surface area contributed by atoms with Crippen LogP contribution < -0.4 is 15.0 Å². The number of anilines is 2. The van der Waals surface area contributed by atoms with E-state index in [2.05, 4.69) is 5.32 Å². The molecule has 1 atom stereocenters. The Morgan fingerprint density at radius 2 is 1.58 bits per heavy atom. The highest BCUT2D eigenvalue weighted by Crippen LogP contribution is 2.32. The number of fused-ring (bicyclic) bond motifs is 1. The smallest absolute Gasteiger partial charge is 0.311 e. The standard InChI is InChI=1S/C29H24N2O5/c32-27(30-22-9-2-1-3-10-22)19-35-29(34)21-17-28(33)31(18-21)23-13-15-24(16-14-23)36-26-12-6-8-20-7-4-5-11-25(20)26/h1-16,21H,17-19H2,(H,30,32)/t21-/m0/s1. The molecule has 1 heterocycles. The third kappa shape index (κ3) is 5.20. The topological polar surface area (TPSA) is 84.9 Å². The van der Waals surface area contributed by atoms with Crippen molar-refractivity contribution in [2.24, 2.45) is 5.92 Å². The molecule has 0 spiro atoms. The average Bonchev–Trinajstić information content (AvgIpc) is 3.30. The number of hydrogen-bond donors (Lipinski definition) is 1. The zero-order chi connectivity index (χ0) is 24.9. The molecule has 7 heteroatoms. The van der Waals surface area contributed by atoms with E-state index in [1.54, 1.807) is 53.4 Å². The normalized spacial score (nSPS) is 15.1. The van der Waals surface area contributed by atoms with Gasteiger partial charge in [-0.3, -0.25) is 14.4 Å². The third-order valence-electron chi connectivity index (χ3n) is 5.99. The van der Waals surface area contributed by atoms with E-state index < -0.39 is 24.4 Å². The van der Waals surface area contributed by atoms with Crippen molar-refractivity contribution >= 4 is 39.9 Å². The molecule has 5 rings (SSSR count). The zero-order valence-corrected chi connectivity index (χ0v) is 19.4. The molecule has 0 saturated carbocycles. The van der Waals surface area contributed by atoms with E-state index in [4.69, 9.17) is 9.47 Å². The molecule has 180 valence electrons. The largest absolute Gasteiger partial charge is 0.457 e. The summed E-state index contributed by atoms with van der Waals surface area (Å²) in [5, 5.41) is 4.76. The number of nitrogens with one attached hydrogen (secondary N) is 1. The lowest BCUT2D eigenvalue weighted by Crippen LogP contribution is -2.28. The van der Waals surface area contributed by atoms with Gasteiger partial charge in [0.25, 0.3) is 5.91 Å². The Hall–Kier alpha value is -4.65. The summed E-state index contributed by atoms with van der Waals surface area (Å²) >= 11 is 0. The first-order valence-corrected chi connectivity index (χ1v) is 11.6. The van der Waals surface area contributed by atoms with Crippen LogP contribution in [0.5, 0.6) is 11.5 Å². The van der Waals surface area contributed by atoms with E-state index in [0.717, 1.165) is 16.5 Å². The maximum absolute atomic E-state index is 12.6. The van der Waals surface area contributed by atoms with Gasteiger partial charge in [0.05, 0.1) is 5.92 Å². The molecule has 0 aliphatic carbocycles. The van der Waals surface area contributed by atoms with Crippen LogP contribution in [0.1, 0.15) is 6.42 Å². The van der Waals surface area contributed by atoms with Gasteiger partial charge in [0.15, 0.2) is 6.61 Å². The summed E-state index contributed by atoms with van der Waals surface area (Å²) in [5.41, 5.74) is 1.29. The van der Waals surface area contributed by atoms with Crippen molar-refractivity contribution in [3.63, 3.8) is 0 Å². The molecule has 1 fully saturated rings. The number of carbonyl (C=O) groups excluding carboxylic acids is 3. The zero-order valence-electron chi connectivity index (χ0n) is 19.4. The molecule has 36 heavy (non-hydrogen) atoms. The van der Waals surface area contributed by atoms with Gasteiger partial charge in [-0.15, -0.1) is 0 Å². The Morgan fingerprint density at radius 3 is 2.39 bits per heavy atom. The summed E-state index contributed by atoms with van der Waals surface area (Å²) in [4.78, 5) is 38.7.